The summed E-state index contributed by atoms with van der Waals surface area (Å²) in [5.41, 5.74) is 0.657. The average Bonchev–Trinajstić information content (AvgIpc) is 2.25. The zero-order valence-electron chi connectivity index (χ0n) is 10.3. The molecule has 0 aliphatic carbocycles. The molecule has 0 amide bonds. The van der Waals surface area contributed by atoms with E-state index in [4.69, 9.17) is 9.47 Å². The molecule has 4 nitrogen and oxygen atoms in total. The smallest absolute Gasteiger partial charge is 0.344 e. The third kappa shape index (κ3) is 4.44. The molecule has 0 aliphatic rings. The Hall–Kier alpha value is -1.55. The monoisotopic (exact) mass is 238 g/mol. The van der Waals surface area contributed by atoms with Gasteiger partial charge in [-0.15, -0.1) is 0 Å². The Kier molecular flexibility index (Phi) is 4.97. The molecular formula is C13H18O4. The van der Waals surface area contributed by atoms with Crippen LogP contribution in [0.25, 0.3) is 0 Å². The zero-order chi connectivity index (χ0) is 12.8. The van der Waals surface area contributed by atoms with E-state index in [1.165, 1.54) is 0 Å². The molecule has 0 fully saturated rings. The van der Waals surface area contributed by atoms with Gasteiger partial charge in [-0.05, 0) is 26.8 Å². The highest BCUT2D eigenvalue weighted by Gasteiger charge is 2.11. The quantitative estimate of drug-likeness (QED) is 0.798. The number of carbonyl (C=O) groups is 1. The number of carbonyl (C=O) groups excluding carboxylic acids is 1. The first-order valence-electron chi connectivity index (χ1n) is 5.60. The second-order valence-electron chi connectivity index (χ2n) is 4.04. The van der Waals surface area contributed by atoms with Crippen LogP contribution in [0.1, 0.15) is 32.4 Å². The number of esters is 1. The zero-order valence-corrected chi connectivity index (χ0v) is 10.3. The van der Waals surface area contributed by atoms with Gasteiger partial charge in [0.05, 0.1) is 12.2 Å². The Morgan fingerprint density at radius 1 is 1.29 bits per heavy atom. The van der Waals surface area contributed by atoms with Crippen LogP contribution in [0.3, 0.4) is 0 Å². The highest BCUT2D eigenvalue weighted by Crippen LogP contribution is 2.24. The first-order valence-corrected chi connectivity index (χ1v) is 5.60. The Labute approximate surface area is 101 Å². The average molecular weight is 238 g/mol. The number of hydrogen-bond donors (Lipinski definition) is 1. The SMILES string of the molecule is CC(C)OC(=O)COc1ccccc1[C@@H](C)O. The van der Waals surface area contributed by atoms with Crippen LogP contribution >= 0.6 is 0 Å². The topological polar surface area (TPSA) is 55.8 Å². The number of ether oxygens (including phenoxy) is 2. The van der Waals surface area contributed by atoms with Crippen molar-refractivity contribution in [1.82, 2.24) is 0 Å². The molecule has 1 N–H and O–H groups in total. The molecule has 0 aliphatic heterocycles. The van der Waals surface area contributed by atoms with E-state index in [0.717, 1.165) is 0 Å². The normalized spacial score (nSPS) is 12.3. The molecule has 1 aromatic rings. The molecule has 0 bridgehead atoms. The summed E-state index contributed by atoms with van der Waals surface area (Å²) in [7, 11) is 0. The molecule has 4 heteroatoms. The van der Waals surface area contributed by atoms with Gasteiger partial charge in [-0.25, -0.2) is 4.79 Å². The lowest BCUT2D eigenvalue weighted by molar-refractivity contribution is -0.149. The minimum atomic E-state index is -0.632. The fourth-order valence-corrected chi connectivity index (χ4v) is 1.39. The minimum Gasteiger partial charge on any atom is -0.482 e. The fraction of sp³-hybridized carbons (Fsp3) is 0.462. The molecule has 0 saturated carbocycles. The van der Waals surface area contributed by atoms with E-state index in [0.29, 0.717) is 11.3 Å². The van der Waals surface area contributed by atoms with Gasteiger partial charge in [0, 0.05) is 5.56 Å². The molecule has 0 aromatic heterocycles. The van der Waals surface area contributed by atoms with Crippen molar-refractivity contribution in [3.05, 3.63) is 29.8 Å². The van der Waals surface area contributed by atoms with Crippen molar-refractivity contribution in [2.24, 2.45) is 0 Å². The molecule has 0 saturated heterocycles. The molecule has 1 aromatic carbocycles. The molecule has 0 spiro atoms. The molecule has 17 heavy (non-hydrogen) atoms. The van der Waals surface area contributed by atoms with Crippen LogP contribution in [0.15, 0.2) is 24.3 Å². The number of aliphatic hydroxyl groups is 1. The number of benzene rings is 1. The van der Waals surface area contributed by atoms with Crippen LogP contribution in [-0.4, -0.2) is 23.8 Å². The lowest BCUT2D eigenvalue weighted by Crippen LogP contribution is -2.19. The standard InChI is InChI=1S/C13H18O4/c1-9(2)17-13(15)8-16-12-7-5-4-6-11(12)10(3)14/h4-7,9-10,14H,8H2,1-3H3/t10-/m1/s1. The van der Waals surface area contributed by atoms with E-state index in [9.17, 15) is 9.90 Å². The second kappa shape index (κ2) is 6.25. The third-order valence-electron chi connectivity index (χ3n) is 2.08. The van der Waals surface area contributed by atoms with Gasteiger partial charge in [0.2, 0.25) is 0 Å². The lowest BCUT2D eigenvalue weighted by atomic mass is 10.1. The van der Waals surface area contributed by atoms with Crippen LogP contribution in [-0.2, 0) is 9.53 Å². The van der Waals surface area contributed by atoms with Crippen LogP contribution in [0.4, 0.5) is 0 Å². The van der Waals surface area contributed by atoms with Crippen molar-refractivity contribution in [3.63, 3.8) is 0 Å². The summed E-state index contributed by atoms with van der Waals surface area (Å²) in [6, 6.07) is 7.06. The van der Waals surface area contributed by atoms with Crippen molar-refractivity contribution >= 4 is 5.97 Å². The van der Waals surface area contributed by atoms with E-state index in [1.54, 1.807) is 45.0 Å². The van der Waals surface area contributed by atoms with E-state index >= 15 is 0 Å². The van der Waals surface area contributed by atoms with E-state index in [1.807, 2.05) is 0 Å². The molecule has 1 rings (SSSR count). The van der Waals surface area contributed by atoms with Gasteiger partial charge in [-0.2, -0.15) is 0 Å². The highest BCUT2D eigenvalue weighted by molar-refractivity contribution is 5.71. The molecule has 0 unspecified atom stereocenters. The minimum absolute atomic E-state index is 0.151. The summed E-state index contributed by atoms with van der Waals surface area (Å²) in [6.45, 7) is 5.06. The van der Waals surface area contributed by atoms with Gasteiger partial charge < -0.3 is 14.6 Å². The van der Waals surface area contributed by atoms with E-state index in [-0.39, 0.29) is 12.7 Å². The second-order valence-corrected chi connectivity index (χ2v) is 4.04. The predicted octanol–water partition coefficient (Wildman–Crippen LogP) is 2.07. The van der Waals surface area contributed by atoms with E-state index in [2.05, 4.69) is 0 Å². The maximum absolute atomic E-state index is 11.3. The molecular weight excluding hydrogens is 220 g/mol. The summed E-state index contributed by atoms with van der Waals surface area (Å²) in [5.74, 6) is 0.0867. The summed E-state index contributed by atoms with van der Waals surface area (Å²) < 4.78 is 10.3. The lowest BCUT2D eigenvalue weighted by Gasteiger charge is -2.13. The number of rotatable bonds is 5. The van der Waals surface area contributed by atoms with Gasteiger partial charge in [-0.1, -0.05) is 18.2 Å². The summed E-state index contributed by atoms with van der Waals surface area (Å²) in [5, 5.41) is 9.52. The number of hydrogen-bond acceptors (Lipinski definition) is 4. The van der Waals surface area contributed by atoms with Gasteiger partial charge in [0.1, 0.15) is 5.75 Å². The van der Waals surface area contributed by atoms with Crippen molar-refractivity contribution < 1.29 is 19.4 Å². The first kappa shape index (κ1) is 13.5. The number of aliphatic hydroxyl groups excluding tert-OH is 1. The Morgan fingerprint density at radius 2 is 1.94 bits per heavy atom. The maximum atomic E-state index is 11.3. The molecule has 0 heterocycles. The summed E-state index contributed by atoms with van der Waals surface area (Å²) in [6.07, 6.45) is -0.787. The number of para-hydroxylation sites is 1. The third-order valence-corrected chi connectivity index (χ3v) is 2.08. The predicted molar refractivity (Wildman–Crippen MR) is 63.8 cm³/mol. The van der Waals surface area contributed by atoms with Gasteiger partial charge >= 0.3 is 5.97 Å². The van der Waals surface area contributed by atoms with Crippen LogP contribution in [0, 0.1) is 0 Å². The Morgan fingerprint density at radius 3 is 2.53 bits per heavy atom. The van der Waals surface area contributed by atoms with Crippen molar-refractivity contribution in [2.45, 2.75) is 33.0 Å². The largest absolute Gasteiger partial charge is 0.482 e. The maximum Gasteiger partial charge on any atom is 0.344 e. The highest BCUT2D eigenvalue weighted by atomic mass is 16.6. The van der Waals surface area contributed by atoms with Crippen LogP contribution in [0.5, 0.6) is 5.75 Å². The first-order chi connectivity index (χ1) is 8.00. The van der Waals surface area contributed by atoms with Gasteiger partial charge in [0.15, 0.2) is 6.61 Å². The summed E-state index contributed by atoms with van der Waals surface area (Å²) in [4.78, 5) is 11.3. The van der Waals surface area contributed by atoms with Crippen molar-refractivity contribution in [1.29, 1.82) is 0 Å². The van der Waals surface area contributed by atoms with Gasteiger partial charge in [0.25, 0.3) is 0 Å². The van der Waals surface area contributed by atoms with Crippen molar-refractivity contribution in [3.8, 4) is 5.75 Å². The van der Waals surface area contributed by atoms with Gasteiger partial charge in [-0.3, -0.25) is 0 Å². The van der Waals surface area contributed by atoms with Crippen LogP contribution < -0.4 is 4.74 Å². The fourth-order valence-electron chi connectivity index (χ4n) is 1.39. The van der Waals surface area contributed by atoms with E-state index < -0.39 is 12.1 Å². The van der Waals surface area contributed by atoms with Crippen LogP contribution in [0.2, 0.25) is 0 Å². The molecule has 94 valence electrons. The van der Waals surface area contributed by atoms with Crippen molar-refractivity contribution in [2.75, 3.05) is 6.61 Å². The molecule has 1 atom stereocenters. The Bertz CT molecular complexity index is 371. The molecule has 0 radical (unpaired) electrons. The Balaban J connectivity index is 2.60. The summed E-state index contributed by atoms with van der Waals surface area (Å²) >= 11 is 0.